The minimum atomic E-state index is -0.939. The summed E-state index contributed by atoms with van der Waals surface area (Å²) in [6.45, 7) is 2.77. The Bertz CT molecular complexity index is 402. The van der Waals surface area contributed by atoms with Crippen molar-refractivity contribution in [3.05, 3.63) is 28.8 Å². The van der Waals surface area contributed by atoms with Gasteiger partial charge in [-0.3, -0.25) is 0 Å². The van der Waals surface area contributed by atoms with Gasteiger partial charge in [0.15, 0.2) is 0 Å². The van der Waals surface area contributed by atoms with E-state index in [0.717, 1.165) is 18.8 Å². The van der Waals surface area contributed by atoms with Crippen molar-refractivity contribution < 1.29 is 14.6 Å². The predicted octanol–water partition coefficient (Wildman–Crippen LogP) is 1.87. The van der Waals surface area contributed by atoms with E-state index in [9.17, 15) is 4.79 Å². The average molecular weight is 242 g/mol. The molecule has 0 atom stereocenters. The Morgan fingerprint density at radius 2 is 2.06 bits per heavy atom. The molecular weight excluding hydrogens is 230 g/mol. The van der Waals surface area contributed by atoms with Crippen LogP contribution >= 0.6 is 11.6 Å². The van der Waals surface area contributed by atoms with Crippen molar-refractivity contribution in [1.82, 2.24) is 0 Å². The first-order valence-electron chi connectivity index (χ1n) is 5.04. The van der Waals surface area contributed by atoms with Crippen molar-refractivity contribution in [2.24, 2.45) is 0 Å². The first kappa shape index (κ1) is 11.2. The molecule has 1 aromatic carbocycles. The molecule has 0 bridgehead atoms. The fourth-order valence-electron chi connectivity index (χ4n) is 1.69. The first-order valence-corrected chi connectivity index (χ1v) is 5.42. The summed E-state index contributed by atoms with van der Waals surface area (Å²) < 4.78 is 5.24. The fourth-order valence-corrected chi connectivity index (χ4v) is 1.93. The summed E-state index contributed by atoms with van der Waals surface area (Å²) in [4.78, 5) is 12.9. The molecule has 16 heavy (non-hydrogen) atoms. The number of ether oxygens (including phenoxy) is 1. The van der Waals surface area contributed by atoms with Crippen LogP contribution in [0.3, 0.4) is 0 Å². The molecule has 0 aromatic heterocycles. The number of nitrogens with zero attached hydrogens (tertiary/aromatic N) is 1. The van der Waals surface area contributed by atoms with E-state index in [4.69, 9.17) is 21.4 Å². The van der Waals surface area contributed by atoms with Gasteiger partial charge in [0.1, 0.15) is 0 Å². The van der Waals surface area contributed by atoms with Crippen molar-refractivity contribution in [2.45, 2.75) is 0 Å². The summed E-state index contributed by atoms with van der Waals surface area (Å²) in [5.41, 5.74) is 1.02. The zero-order chi connectivity index (χ0) is 11.5. The van der Waals surface area contributed by atoms with Crippen molar-refractivity contribution in [2.75, 3.05) is 31.2 Å². The van der Waals surface area contributed by atoms with Gasteiger partial charge in [0.05, 0.1) is 29.5 Å². The van der Waals surface area contributed by atoms with Crippen LogP contribution in [-0.2, 0) is 4.74 Å². The van der Waals surface area contributed by atoms with Gasteiger partial charge >= 0.3 is 5.97 Å². The van der Waals surface area contributed by atoms with Gasteiger partial charge in [0.25, 0.3) is 0 Å². The number of benzene rings is 1. The van der Waals surface area contributed by atoms with E-state index in [1.54, 1.807) is 12.1 Å². The molecule has 4 nitrogen and oxygen atoms in total. The first-order chi connectivity index (χ1) is 7.68. The number of aromatic carboxylic acids is 1. The van der Waals surface area contributed by atoms with Crippen LogP contribution in [0.2, 0.25) is 5.02 Å². The maximum Gasteiger partial charge on any atom is 0.335 e. The van der Waals surface area contributed by atoms with Crippen molar-refractivity contribution in [3.8, 4) is 0 Å². The van der Waals surface area contributed by atoms with Crippen LogP contribution in [0.25, 0.3) is 0 Å². The molecule has 0 amide bonds. The lowest BCUT2D eigenvalue weighted by molar-refractivity contribution is 0.0697. The maximum absolute atomic E-state index is 10.9. The molecular formula is C11H12ClNO3. The molecule has 0 unspecified atom stereocenters. The molecule has 1 heterocycles. The molecule has 5 heteroatoms. The lowest BCUT2D eigenvalue weighted by Crippen LogP contribution is -2.36. The molecule has 0 saturated carbocycles. The van der Waals surface area contributed by atoms with Crippen molar-refractivity contribution in [3.63, 3.8) is 0 Å². The lowest BCUT2D eigenvalue weighted by Gasteiger charge is -2.29. The second-order valence-electron chi connectivity index (χ2n) is 3.57. The molecule has 0 aliphatic carbocycles. The quantitative estimate of drug-likeness (QED) is 0.859. The van der Waals surface area contributed by atoms with Crippen LogP contribution in [0.1, 0.15) is 10.4 Å². The summed E-state index contributed by atoms with van der Waals surface area (Å²) in [6, 6.07) is 4.74. The smallest absolute Gasteiger partial charge is 0.335 e. The van der Waals surface area contributed by atoms with Crippen LogP contribution in [0.5, 0.6) is 0 Å². The number of hydrogen-bond donors (Lipinski definition) is 1. The molecule has 0 radical (unpaired) electrons. The number of carboxylic acids is 1. The van der Waals surface area contributed by atoms with E-state index >= 15 is 0 Å². The minimum Gasteiger partial charge on any atom is -0.478 e. The van der Waals surface area contributed by atoms with E-state index in [-0.39, 0.29) is 5.56 Å². The highest BCUT2D eigenvalue weighted by Crippen LogP contribution is 2.27. The highest BCUT2D eigenvalue weighted by molar-refractivity contribution is 6.33. The zero-order valence-corrected chi connectivity index (χ0v) is 9.41. The molecule has 86 valence electrons. The molecule has 1 aliphatic rings. The Kier molecular flexibility index (Phi) is 3.31. The van der Waals surface area contributed by atoms with Crippen LogP contribution in [-0.4, -0.2) is 37.4 Å². The third kappa shape index (κ3) is 2.28. The summed E-state index contributed by atoms with van der Waals surface area (Å²) in [6.07, 6.45) is 0. The van der Waals surface area contributed by atoms with E-state index in [2.05, 4.69) is 0 Å². The third-order valence-electron chi connectivity index (χ3n) is 2.54. The largest absolute Gasteiger partial charge is 0.478 e. The van der Waals surface area contributed by atoms with Gasteiger partial charge in [-0.2, -0.15) is 0 Å². The molecule has 0 spiro atoms. The minimum absolute atomic E-state index is 0.255. The number of anilines is 1. The van der Waals surface area contributed by atoms with Crippen LogP contribution in [0, 0.1) is 0 Å². The Morgan fingerprint density at radius 1 is 1.38 bits per heavy atom. The van der Waals surface area contributed by atoms with E-state index < -0.39 is 5.97 Å². The normalized spacial score (nSPS) is 16.2. The number of halogens is 1. The number of carbonyl (C=O) groups is 1. The lowest BCUT2D eigenvalue weighted by atomic mass is 10.2. The third-order valence-corrected chi connectivity index (χ3v) is 2.86. The highest BCUT2D eigenvalue weighted by atomic mass is 35.5. The van der Waals surface area contributed by atoms with Gasteiger partial charge < -0.3 is 14.7 Å². The van der Waals surface area contributed by atoms with Crippen molar-refractivity contribution in [1.29, 1.82) is 0 Å². The Labute approximate surface area is 98.4 Å². The standard InChI is InChI=1S/C11H12ClNO3/c12-9-2-1-8(11(14)15)7-10(9)13-3-5-16-6-4-13/h1-2,7H,3-6H2,(H,14,15). The number of hydrogen-bond acceptors (Lipinski definition) is 3. The Balaban J connectivity index is 2.30. The Morgan fingerprint density at radius 3 is 2.69 bits per heavy atom. The van der Waals surface area contributed by atoms with Crippen LogP contribution < -0.4 is 4.90 Å². The monoisotopic (exact) mass is 241 g/mol. The van der Waals surface area contributed by atoms with Crippen molar-refractivity contribution >= 4 is 23.3 Å². The van der Waals surface area contributed by atoms with E-state index in [1.807, 2.05) is 4.90 Å². The van der Waals surface area contributed by atoms with Gasteiger partial charge in [-0.15, -0.1) is 0 Å². The van der Waals surface area contributed by atoms with E-state index in [1.165, 1.54) is 6.07 Å². The molecule has 1 aliphatic heterocycles. The molecule has 1 aromatic rings. The maximum atomic E-state index is 10.9. The predicted molar refractivity (Wildman–Crippen MR) is 61.4 cm³/mol. The number of morpholine rings is 1. The number of carboxylic acid groups (broad SMARTS) is 1. The Hall–Kier alpha value is -1.26. The zero-order valence-electron chi connectivity index (χ0n) is 8.65. The molecule has 2 rings (SSSR count). The van der Waals surface area contributed by atoms with Gasteiger partial charge in [0.2, 0.25) is 0 Å². The summed E-state index contributed by atoms with van der Waals surface area (Å²) >= 11 is 6.06. The second-order valence-corrected chi connectivity index (χ2v) is 3.98. The topological polar surface area (TPSA) is 49.8 Å². The fraction of sp³-hybridized carbons (Fsp3) is 0.364. The van der Waals surface area contributed by atoms with Gasteiger partial charge in [-0.25, -0.2) is 4.79 Å². The van der Waals surface area contributed by atoms with Gasteiger partial charge in [-0.1, -0.05) is 11.6 Å². The summed E-state index contributed by atoms with van der Waals surface area (Å²) in [5.74, 6) is -0.939. The second kappa shape index (κ2) is 4.72. The van der Waals surface area contributed by atoms with E-state index in [0.29, 0.717) is 18.2 Å². The number of rotatable bonds is 2. The van der Waals surface area contributed by atoms with Crippen LogP contribution in [0.4, 0.5) is 5.69 Å². The molecule has 1 saturated heterocycles. The summed E-state index contributed by atoms with van der Waals surface area (Å²) in [5, 5.41) is 9.49. The van der Waals surface area contributed by atoms with Crippen LogP contribution in [0.15, 0.2) is 18.2 Å². The van der Waals surface area contributed by atoms with Gasteiger partial charge in [0, 0.05) is 13.1 Å². The molecule has 1 fully saturated rings. The van der Waals surface area contributed by atoms with Gasteiger partial charge in [-0.05, 0) is 18.2 Å². The summed E-state index contributed by atoms with van der Waals surface area (Å²) in [7, 11) is 0. The molecule has 1 N–H and O–H groups in total. The highest BCUT2D eigenvalue weighted by Gasteiger charge is 2.16. The average Bonchev–Trinajstić information content (AvgIpc) is 2.30. The SMILES string of the molecule is O=C(O)c1ccc(Cl)c(N2CCOCC2)c1.